The van der Waals surface area contributed by atoms with Gasteiger partial charge in [0.1, 0.15) is 0 Å². The molecule has 0 amide bonds. The summed E-state index contributed by atoms with van der Waals surface area (Å²) < 4.78 is 0. The van der Waals surface area contributed by atoms with Gasteiger partial charge in [-0.3, -0.25) is 0 Å². The van der Waals surface area contributed by atoms with E-state index in [2.05, 4.69) is 21.7 Å². The maximum Gasteiger partial charge on any atom is 0.00631 e. The Hall–Kier alpha value is -0.380. The molecule has 0 spiro atoms. The molecule has 78 valence electrons. The molecule has 1 fully saturated rings. The van der Waals surface area contributed by atoms with Gasteiger partial charge >= 0.3 is 0 Å². The van der Waals surface area contributed by atoms with E-state index in [1.165, 1.54) is 44.5 Å². The lowest BCUT2D eigenvalue weighted by molar-refractivity contribution is 0.215. The van der Waals surface area contributed by atoms with Crippen LogP contribution in [0.5, 0.6) is 0 Å². The molecular formula is C11H18N2S. The summed E-state index contributed by atoms with van der Waals surface area (Å²) in [7, 11) is 0. The zero-order valence-electron chi connectivity index (χ0n) is 8.48. The van der Waals surface area contributed by atoms with Crippen LogP contribution in [0.1, 0.15) is 18.4 Å². The molecule has 0 aliphatic carbocycles. The second kappa shape index (κ2) is 4.91. The lowest BCUT2D eigenvalue weighted by atomic mass is 10.1. The van der Waals surface area contributed by atoms with Gasteiger partial charge in [-0.15, -0.1) is 0 Å². The summed E-state index contributed by atoms with van der Waals surface area (Å²) in [5.74, 6) is 0. The highest BCUT2D eigenvalue weighted by atomic mass is 32.1. The van der Waals surface area contributed by atoms with Crippen molar-refractivity contribution in [2.24, 2.45) is 5.73 Å². The fourth-order valence-corrected chi connectivity index (χ4v) is 2.60. The second-order valence-corrected chi connectivity index (χ2v) is 4.84. The maximum absolute atomic E-state index is 5.86. The van der Waals surface area contributed by atoms with Crippen molar-refractivity contribution >= 4 is 11.3 Å². The van der Waals surface area contributed by atoms with Crippen molar-refractivity contribution < 1.29 is 0 Å². The Kier molecular flexibility index (Phi) is 3.56. The zero-order chi connectivity index (χ0) is 9.80. The molecule has 0 aromatic carbocycles. The third-order valence-electron chi connectivity index (χ3n) is 2.93. The Bertz CT molecular complexity index is 250. The van der Waals surface area contributed by atoms with Crippen molar-refractivity contribution in [3.05, 3.63) is 22.4 Å². The lowest BCUT2D eigenvalue weighted by Gasteiger charge is -2.29. The van der Waals surface area contributed by atoms with Gasteiger partial charge in [0, 0.05) is 12.6 Å². The first-order chi connectivity index (χ1) is 6.84. The average Bonchev–Trinajstić information content (AvgIpc) is 2.70. The summed E-state index contributed by atoms with van der Waals surface area (Å²) in [6, 6.07) is 2.67. The molecule has 0 bridgehead atoms. The van der Waals surface area contributed by atoms with Gasteiger partial charge in [-0.2, -0.15) is 11.3 Å². The molecule has 2 rings (SSSR count). The Balaban J connectivity index is 1.71. The molecule has 2 heterocycles. The highest BCUT2D eigenvalue weighted by molar-refractivity contribution is 7.07. The SMILES string of the molecule is NC1CCN(CCc2ccsc2)CC1. The summed E-state index contributed by atoms with van der Waals surface area (Å²) in [6.45, 7) is 3.57. The Morgan fingerprint density at radius 2 is 2.21 bits per heavy atom. The van der Waals surface area contributed by atoms with Crippen LogP contribution in [-0.4, -0.2) is 30.6 Å². The van der Waals surface area contributed by atoms with Crippen molar-refractivity contribution in [3.8, 4) is 0 Å². The van der Waals surface area contributed by atoms with E-state index in [-0.39, 0.29) is 0 Å². The summed E-state index contributed by atoms with van der Waals surface area (Å²) in [6.07, 6.45) is 3.53. The minimum absolute atomic E-state index is 0.451. The van der Waals surface area contributed by atoms with Gasteiger partial charge in [0.2, 0.25) is 0 Å². The summed E-state index contributed by atoms with van der Waals surface area (Å²) in [5, 5.41) is 4.40. The molecule has 14 heavy (non-hydrogen) atoms. The van der Waals surface area contributed by atoms with Gasteiger partial charge < -0.3 is 10.6 Å². The van der Waals surface area contributed by atoms with Crippen LogP contribution in [0.4, 0.5) is 0 Å². The summed E-state index contributed by atoms with van der Waals surface area (Å²) >= 11 is 1.79. The number of thiophene rings is 1. The molecule has 1 aliphatic heterocycles. The smallest absolute Gasteiger partial charge is 0.00631 e. The van der Waals surface area contributed by atoms with Crippen molar-refractivity contribution in [1.82, 2.24) is 4.90 Å². The predicted molar refractivity (Wildman–Crippen MR) is 61.7 cm³/mol. The number of hydrogen-bond donors (Lipinski definition) is 1. The first-order valence-electron chi connectivity index (χ1n) is 5.33. The Labute approximate surface area is 89.7 Å². The van der Waals surface area contributed by atoms with Crippen molar-refractivity contribution in [2.75, 3.05) is 19.6 Å². The summed E-state index contributed by atoms with van der Waals surface area (Å²) in [4.78, 5) is 2.53. The van der Waals surface area contributed by atoms with Gasteiger partial charge in [0.25, 0.3) is 0 Å². The van der Waals surface area contributed by atoms with E-state index in [0.717, 1.165) is 0 Å². The van der Waals surface area contributed by atoms with Crippen molar-refractivity contribution in [2.45, 2.75) is 25.3 Å². The zero-order valence-corrected chi connectivity index (χ0v) is 9.30. The predicted octanol–water partition coefficient (Wildman–Crippen LogP) is 1.71. The van der Waals surface area contributed by atoms with E-state index in [4.69, 9.17) is 5.73 Å². The van der Waals surface area contributed by atoms with Crippen LogP contribution in [0.15, 0.2) is 16.8 Å². The fourth-order valence-electron chi connectivity index (χ4n) is 1.90. The van der Waals surface area contributed by atoms with Crippen LogP contribution in [0.2, 0.25) is 0 Å². The molecule has 1 aromatic heterocycles. The number of likely N-dealkylation sites (tertiary alicyclic amines) is 1. The number of rotatable bonds is 3. The normalized spacial score (nSPS) is 20.1. The van der Waals surface area contributed by atoms with Gasteiger partial charge in [-0.25, -0.2) is 0 Å². The number of piperidine rings is 1. The largest absolute Gasteiger partial charge is 0.328 e. The molecule has 1 saturated heterocycles. The van der Waals surface area contributed by atoms with E-state index in [0.29, 0.717) is 6.04 Å². The van der Waals surface area contributed by atoms with Crippen molar-refractivity contribution in [3.63, 3.8) is 0 Å². The number of nitrogens with two attached hydrogens (primary N) is 1. The highest BCUT2D eigenvalue weighted by Crippen LogP contribution is 2.11. The molecule has 2 N–H and O–H groups in total. The minimum Gasteiger partial charge on any atom is -0.328 e. The van der Waals surface area contributed by atoms with Gasteiger partial charge in [-0.1, -0.05) is 0 Å². The molecular weight excluding hydrogens is 192 g/mol. The third kappa shape index (κ3) is 2.80. The molecule has 2 nitrogen and oxygen atoms in total. The van der Waals surface area contributed by atoms with Crippen LogP contribution in [0.25, 0.3) is 0 Å². The highest BCUT2D eigenvalue weighted by Gasteiger charge is 2.15. The van der Waals surface area contributed by atoms with Crippen molar-refractivity contribution in [1.29, 1.82) is 0 Å². The van der Waals surface area contributed by atoms with E-state index in [1.807, 2.05) is 0 Å². The Morgan fingerprint density at radius 1 is 1.43 bits per heavy atom. The van der Waals surface area contributed by atoms with Gasteiger partial charge in [0.05, 0.1) is 0 Å². The summed E-state index contributed by atoms with van der Waals surface area (Å²) in [5.41, 5.74) is 7.34. The first-order valence-corrected chi connectivity index (χ1v) is 6.28. The van der Waals surface area contributed by atoms with Crippen LogP contribution in [0.3, 0.4) is 0 Å². The fraction of sp³-hybridized carbons (Fsp3) is 0.636. The molecule has 0 saturated carbocycles. The Morgan fingerprint density at radius 3 is 2.86 bits per heavy atom. The van der Waals surface area contributed by atoms with Crippen LogP contribution in [-0.2, 0) is 6.42 Å². The standard InChI is InChI=1S/C11H18N2S/c12-11-2-6-13(7-3-11)5-1-10-4-8-14-9-10/h4,8-9,11H,1-3,5-7,12H2. The number of nitrogens with zero attached hydrogens (tertiary/aromatic N) is 1. The van der Waals surface area contributed by atoms with Gasteiger partial charge in [0.15, 0.2) is 0 Å². The van der Waals surface area contributed by atoms with Gasteiger partial charge in [-0.05, 0) is 54.7 Å². The lowest BCUT2D eigenvalue weighted by Crippen LogP contribution is -2.40. The molecule has 0 unspecified atom stereocenters. The van der Waals surface area contributed by atoms with Crippen LogP contribution < -0.4 is 5.73 Å². The van der Waals surface area contributed by atoms with Crippen LogP contribution >= 0.6 is 11.3 Å². The maximum atomic E-state index is 5.86. The molecule has 0 atom stereocenters. The molecule has 3 heteroatoms. The second-order valence-electron chi connectivity index (χ2n) is 4.06. The minimum atomic E-state index is 0.451. The van der Waals surface area contributed by atoms with E-state index in [9.17, 15) is 0 Å². The van der Waals surface area contributed by atoms with E-state index >= 15 is 0 Å². The van der Waals surface area contributed by atoms with Crippen LogP contribution in [0, 0.1) is 0 Å². The number of hydrogen-bond acceptors (Lipinski definition) is 3. The van der Waals surface area contributed by atoms with E-state index in [1.54, 1.807) is 11.3 Å². The molecule has 0 radical (unpaired) electrons. The topological polar surface area (TPSA) is 29.3 Å². The first kappa shape index (κ1) is 10.1. The average molecular weight is 210 g/mol. The monoisotopic (exact) mass is 210 g/mol. The molecule has 1 aromatic rings. The quantitative estimate of drug-likeness (QED) is 0.823. The molecule has 1 aliphatic rings. The van der Waals surface area contributed by atoms with E-state index < -0.39 is 0 Å². The third-order valence-corrected chi connectivity index (χ3v) is 3.66.